The zero-order valence-electron chi connectivity index (χ0n) is 15.2. The lowest BCUT2D eigenvalue weighted by Gasteiger charge is -2.35. The predicted molar refractivity (Wildman–Crippen MR) is 110 cm³/mol. The monoisotopic (exact) mass is 420 g/mol. The molecule has 2 aromatic carbocycles. The van der Waals surface area contributed by atoms with E-state index in [0.717, 1.165) is 5.69 Å². The lowest BCUT2D eigenvalue weighted by atomic mass is 10.2. The van der Waals surface area contributed by atoms with Crippen LogP contribution in [0.3, 0.4) is 0 Å². The molecule has 8 heteroatoms. The number of aliphatic hydroxyl groups excluding tert-OH is 1. The van der Waals surface area contributed by atoms with Gasteiger partial charge in [0.05, 0.1) is 4.90 Å². The van der Waals surface area contributed by atoms with Crippen LogP contribution in [0.25, 0.3) is 6.08 Å². The fourth-order valence-electron chi connectivity index (χ4n) is 3.03. The number of anilines is 1. The van der Waals surface area contributed by atoms with E-state index in [1.54, 1.807) is 24.3 Å². The Hall–Kier alpha value is -2.19. The molecule has 0 bridgehead atoms. The molecule has 0 amide bonds. The molecular formula is C20H21ClN2O4S. The molecule has 1 N–H and O–H groups in total. The van der Waals surface area contributed by atoms with E-state index < -0.39 is 22.4 Å². The SMILES string of the molecule is O=C(/C=C/c1cccc(S(=O)(=O)N2CCN(c3cccc(Cl)c3)CC2)c1)CO. The summed E-state index contributed by atoms with van der Waals surface area (Å²) >= 11 is 6.04. The molecule has 1 aliphatic heterocycles. The number of sulfonamides is 1. The molecule has 1 saturated heterocycles. The number of nitrogens with zero attached hydrogens (tertiary/aromatic N) is 2. The van der Waals surface area contributed by atoms with E-state index in [-0.39, 0.29) is 4.90 Å². The normalized spacial score (nSPS) is 15.9. The van der Waals surface area contributed by atoms with Gasteiger partial charge in [0, 0.05) is 36.9 Å². The van der Waals surface area contributed by atoms with Crippen LogP contribution in [0.4, 0.5) is 5.69 Å². The zero-order valence-corrected chi connectivity index (χ0v) is 16.7. The number of rotatable bonds is 6. The molecule has 6 nitrogen and oxygen atoms in total. The first-order valence-electron chi connectivity index (χ1n) is 8.82. The molecule has 148 valence electrons. The average Bonchev–Trinajstić information content (AvgIpc) is 2.72. The number of benzene rings is 2. The Morgan fingerprint density at radius 2 is 1.79 bits per heavy atom. The van der Waals surface area contributed by atoms with Crippen molar-refractivity contribution in [1.29, 1.82) is 0 Å². The number of halogens is 1. The molecule has 0 radical (unpaired) electrons. The summed E-state index contributed by atoms with van der Waals surface area (Å²) in [6.45, 7) is 1.32. The highest BCUT2D eigenvalue weighted by Gasteiger charge is 2.28. The zero-order chi connectivity index (χ0) is 20.1. The summed E-state index contributed by atoms with van der Waals surface area (Å²) < 4.78 is 27.4. The molecule has 1 aliphatic rings. The molecule has 1 heterocycles. The van der Waals surface area contributed by atoms with Gasteiger partial charge >= 0.3 is 0 Å². The Morgan fingerprint density at radius 1 is 1.07 bits per heavy atom. The van der Waals surface area contributed by atoms with Crippen LogP contribution in [0.2, 0.25) is 5.02 Å². The van der Waals surface area contributed by atoms with Crippen LogP contribution in [-0.2, 0) is 14.8 Å². The predicted octanol–water partition coefficient (Wildman–Crippen LogP) is 2.43. The Kier molecular flexibility index (Phi) is 6.51. The largest absolute Gasteiger partial charge is 0.388 e. The second kappa shape index (κ2) is 8.87. The van der Waals surface area contributed by atoms with Crippen molar-refractivity contribution in [1.82, 2.24) is 4.31 Å². The van der Waals surface area contributed by atoms with Crippen molar-refractivity contribution in [3.05, 3.63) is 65.2 Å². The summed E-state index contributed by atoms with van der Waals surface area (Å²) in [5, 5.41) is 9.42. The van der Waals surface area contributed by atoms with Crippen LogP contribution in [-0.4, -0.2) is 56.4 Å². The Bertz CT molecular complexity index is 983. The highest BCUT2D eigenvalue weighted by atomic mass is 35.5. The van der Waals surface area contributed by atoms with Gasteiger partial charge in [0.1, 0.15) is 6.61 Å². The smallest absolute Gasteiger partial charge is 0.243 e. The van der Waals surface area contributed by atoms with Crippen molar-refractivity contribution < 1.29 is 18.3 Å². The maximum absolute atomic E-state index is 13.0. The number of hydrogen-bond acceptors (Lipinski definition) is 5. The van der Waals surface area contributed by atoms with Gasteiger partial charge in [0.25, 0.3) is 0 Å². The second-order valence-corrected chi connectivity index (χ2v) is 8.78. The van der Waals surface area contributed by atoms with Gasteiger partial charge in [-0.15, -0.1) is 0 Å². The highest BCUT2D eigenvalue weighted by Crippen LogP contribution is 2.24. The van der Waals surface area contributed by atoms with Crippen LogP contribution < -0.4 is 4.90 Å². The number of hydrogen-bond donors (Lipinski definition) is 1. The fourth-order valence-corrected chi connectivity index (χ4v) is 4.69. The summed E-state index contributed by atoms with van der Waals surface area (Å²) in [6.07, 6.45) is 2.73. The van der Waals surface area contributed by atoms with Crippen molar-refractivity contribution in [3.8, 4) is 0 Å². The molecule has 0 aliphatic carbocycles. The lowest BCUT2D eigenvalue weighted by molar-refractivity contribution is -0.117. The number of piperazine rings is 1. The molecule has 0 atom stereocenters. The lowest BCUT2D eigenvalue weighted by Crippen LogP contribution is -2.48. The summed E-state index contributed by atoms with van der Waals surface area (Å²) in [5.41, 5.74) is 1.56. The van der Waals surface area contributed by atoms with Gasteiger partial charge in [-0.2, -0.15) is 4.31 Å². The van der Waals surface area contributed by atoms with E-state index in [1.807, 2.05) is 18.2 Å². The maximum atomic E-state index is 13.0. The molecule has 0 unspecified atom stereocenters. The van der Waals surface area contributed by atoms with E-state index in [4.69, 9.17) is 16.7 Å². The van der Waals surface area contributed by atoms with Crippen molar-refractivity contribution in [2.24, 2.45) is 0 Å². The first-order valence-corrected chi connectivity index (χ1v) is 10.6. The van der Waals surface area contributed by atoms with Crippen LogP contribution >= 0.6 is 11.6 Å². The molecule has 0 spiro atoms. The number of aliphatic hydroxyl groups is 1. The summed E-state index contributed by atoms with van der Waals surface area (Å²) in [7, 11) is -3.63. The minimum absolute atomic E-state index is 0.183. The highest BCUT2D eigenvalue weighted by molar-refractivity contribution is 7.89. The van der Waals surface area contributed by atoms with E-state index in [1.165, 1.54) is 22.5 Å². The maximum Gasteiger partial charge on any atom is 0.243 e. The third-order valence-electron chi connectivity index (χ3n) is 4.53. The first kappa shape index (κ1) is 20.5. The van der Waals surface area contributed by atoms with Gasteiger partial charge in [-0.05, 0) is 42.0 Å². The van der Waals surface area contributed by atoms with E-state index in [9.17, 15) is 13.2 Å². The number of ketones is 1. The van der Waals surface area contributed by atoms with Crippen LogP contribution in [0, 0.1) is 0 Å². The standard InChI is InChI=1S/C20H21ClN2O4S/c21-17-4-2-5-18(14-17)22-9-11-23(12-10-22)28(26,27)20-6-1-3-16(13-20)7-8-19(25)15-24/h1-8,13-14,24H,9-12,15H2/b8-7+. The van der Waals surface area contributed by atoms with Gasteiger partial charge < -0.3 is 10.0 Å². The van der Waals surface area contributed by atoms with E-state index >= 15 is 0 Å². The summed E-state index contributed by atoms with van der Waals surface area (Å²) in [4.78, 5) is 13.5. The van der Waals surface area contributed by atoms with E-state index in [0.29, 0.717) is 36.8 Å². The van der Waals surface area contributed by atoms with Gasteiger partial charge in [0.2, 0.25) is 10.0 Å². The molecule has 2 aromatic rings. The molecule has 28 heavy (non-hydrogen) atoms. The molecule has 0 aromatic heterocycles. The fraction of sp³-hybridized carbons (Fsp3) is 0.250. The first-order chi connectivity index (χ1) is 13.4. The minimum atomic E-state index is -3.63. The molecule has 1 fully saturated rings. The van der Waals surface area contributed by atoms with Crippen LogP contribution in [0.15, 0.2) is 59.5 Å². The van der Waals surface area contributed by atoms with Gasteiger partial charge in [-0.1, -0.05) is 35.9 Å². The minimum Gasteiger partial charge on any atom is -0.388 e. The molecule has 3 rings (SSSR count). The van der Waals surface area contributed by atoms with Crippen molar-refractivity contribution >= 4 is 39.2 Å². The van der Waals surface area contributed by atoms with Gasteiger partial charge in [-0.25, -0.2) is 8.42 Å². The third kappa shape index (κ3) is 4.80. The molecule has 0 saturated carbocycles. The Balaban J connectivity index is 1.72. The topological polar surface area (TPSA) is 77.9 Å². The van der Waals surface area contributed by atoms with E-state index in [2.05, 4.69) is 4.90 Å². The van der Waals surface area contributed by atoms with Crippen molar-refractivity contribution in [3.63, 3.8) is 0 Å². The quantitative estimate of drug-likeness (QED) is 0.726. The average molecular weight is 421 g/mol. The van der Waals surface area contributed by atoms with Crippen molar-refractivity contribution in [2.75, 3.05) is 37.7 Å². The van der Waals surface area contributed by atoms with Gasteiger partial charge in [-0.3, -0.25) is 4.79 Å². The Labute approximate surface area is 169 Å². The number of carbonyl (C=O) groups is 1. The van der Waals surface area contributed by atoms with Crippen LogP contribution in [0.1, 0.15) is 5.56 Å². The van der Waals surface area contributed by atoms with Gasteiger partial charge in [0.15, 0.2) is 5.78 Å². The summed E-state index contributed by atoms with van der Waals surface area (Å²) in [5.74, 6) is -0.439. The second-order valence-electron chi connectivity index (χ2n) is 6.40. The molecular weight excluding hydrogens is 400 g/mol. The third-order valence-corrected chi connectivity index (χ3v) is 6.66. The summed E-state index contributed by atoms with van der Waals surface area (Å²) in [6, 6.07) is 13.9. The van der Waals surface area contributed by atoms with Crippen molar-refractivity contribution in [2.45, 2.75) is 4.90 Å². The van der Waals surface area contributed by atoms with Crippen LogP contribution in [0.5, 0.6) is 0 Å². The number of carbonyl (C=O) groups excluding carboxylic acids is 1. The Morgan fingerprint density at radius 3 is 2.46 bits per heavy atom.